The van der Waals surface area contributed by atoms with Gasteiger partial charge in [-0.3, -0.25) is 14.0 Å². The molecule has 0 saturated carbocycles. The van der Waals surface area contributed by atoms with Crippen molar-refractivity contribution >= 4 is 22.6 Å². The van der Waals surface area contributed by atoms with Gasteiger partial charge in [-0.25, -0.2) is 9.37 Å². The molecule has 1 aromatic carbocycles. The molecule has 3 aromatic heterocycles. The van der Waals surface area contributed by atoms with Gasteiger partial charge < -0.3 is 9.30 Å². The van der Waals surface area contributed by atoms with Gasteiger partial charge in [0.05, 0.1) is 23.6 Å². The minimum atomic E-state index is -0.635. The van der Waals surface area contributed by atoms with Gasteiger partial charge in [-0.15, -0.1) is 0 Å². The van der Waals surface area contributed by atoms with Gasteiger partial charge in [0.2, 0.25) is 0 Å². The van der Waals surface area contributed by atoms with E-state index in [2.05, 4.69) is 16.0 Å². The van der Waals surface area contributed by atoms with Crippen molar-refractivity contribution in [3.05, 3.63) is 87.5 Å². The summed E-state index contributed by atoms with van der Waals surface area (Å²) in [6, 6.07) is 13.7. The first-order chi connectivity index (χ1) is 16.0. The van der Waals surface area contributed by atoms with E-state index in [9.17, 15) is 19.2 Å². The number of rotatable bonds is 3. The van der Waals surface area contributed by atoms with Crippen LogP contribution in [0, 0.1) is 17.1 Å². The van der Waals surface area contributed by atoms with Gasteiger partial charge in [-0.05, 0) is 55.3 Å². The molecule has 4 aromatic rings. The smallest absolute Gasteiger partial charge is 0.278 e. The Morgan fingerprint density at radius 3 is 2.82 bits per heavy atom. The Balaban J connectivity index is 1.82. The predicted octanol–water partition coefficient (Wildman–Crippen LogP) is 2.58. The summed E-state index contributed by atoms with van der Waals surface area (Å²) in [5, 5.41) is 10.1. The second-order valence-corrected chi connectivity index (χ2v) is 7.75. The Hall–Kier alpha value is -4.16. The molecule has 0 N–H and O–H groups in total. The minimum absolute atomic E-state index is 0.0609. The van der Waals surface area contributed by atoms with Crippen LogP contribution in [0.3, 0.4) is 0 Å². The van der Waals surface area contributed by atoms with Gasteiger partial charge in [-0.2, -0.15) is 10.3 Å². The average Bonchev–Trinajstić information content (AvgIpc) is 3.34. The van der Waals surface area contributed by atoms with Crippen LogP contribution in [0.15, 0.2) is 64.5 Å². The Labute approximate surface area is 186 Å². The molecule has 9 heteroatoms. The van der Waals surface area contributed by atoms with E-state index < -0.39 is 11.7 Å². The van der Waals surface area contributed by atoms with E-state index >= 15 is 0 Å². The summed E-state index contributed by atoms with van der Waals surface area (Å²) in [6.07, 6.45) is 3.12. The van der Waals surface area contributed by atoms with Crippen molar-refractivity contribution in [2.24, 2.45) is 4.99 Å². The number of hydrogen-bond acceptors (Lipinski definition) is 5. The molecule has 0 bridgehead atoms. The van der Waals surface area contributed by atoms with Crippen LogP contribution in [-0.2, 0) is 11.3 Å². The van der Waals surface area contributed by atoms with E-state index in [1.807, 2.05) is 0 Å². The summed E-state index contributed by atoms with van der Waals surface area (Å²) in [5.74, 6) is -1.11. The molecule has 8 nitrogen and oxygen atoms in total. The van der Waals surface area contributed by atoms with Crippen molar-refractivity contribution in [3.63, 3.8) is 0 Å². The minimum Gasteiger partial charge on any atom is -0.376 e. The number of pyridine rings is 2. The van der Waals surface area contributed by atoms with E-state index in [-0.39, 0.29) is 40.2 Å². The van der Waals surface area contributed by atoms with Crippen LogP contribution in [0.25, 0.3) is 16.7 Å². The molecule has 1 fully saturated rings. The molecule has 0 unspecified atom stereocenters. The third kappa shape index (κ3) is 3.81. The number of hydrogen-bond donors (Lipinski definition) is 0. The van der Waals surface area contributed by atoms with Crippen LogP contribution in [0.5, 0.6) is 0 Å². The maximum absolute atomic E-state index is 13.3. The average molecular weight is 443 g/mol. The summed E-state index contributed by atoms with van der Waals surface area (Å²) in [5.41, 5.74) is 0.732. The predicted molar refractivity (Wildman–Crippen MR) is 117 cm³/mol. The number of nitrogens with zero attached hydrogens (tertiary/aromatic N) is 5. The number of aromatic nitrogens is 3. The molecule has 0 spiro atoms. The summed E-state index contributed by atoms with van der Waals surface area (Å²) in [6.45, 7) is 0.887. The second kappa shape index (κ2) is 8.41. The highest BCUT2D eigenvalue weighted by atomic mass is 19.1. The fourth-order valence-electron chi connectivity index (χ4n) is 4.00. The van der Waals surface area contributed by atoms with E-state index in [1.165, 1.54) is 34.7 Å². The first-order valence-electron chi connectivity index (χ1n) is 10.5. The lowest BCUT2D eigenvalue weighted by molar-refractivity contribution is 0.0952. The molecule has 0 radical (unpaired) electrons. The van der Waals surface area contributed by atoms with Crippen LogP contribution in [0.1, 0.15) is 28.8 Å². The number of carbonyl (C=O) groups excluding carboxylic acids is 1. The van der Waals surface area contributed by atoms with Crippen LogP contribution in [0.4, 0.5) is 4.39 Å². The molecule has 33 heavy (non-hydrogen) atoms. The molecule has 1 aliphatic rings. The van der Waals surface area contributed by atoms with Gasteiger partial charge in [-0.1, -0.05) is 6.07 Å². The molecule has 5 rings (SSSR count). The number of amides is 1. The number of fused-ring (bicyclic) bond motifs is 2. The maximum Gasteiger partial charge on any atom is 0.278 e. The van der Waals surface area contributed by atoms with Crippen molar-refractivity contribution in [2.75, 3.05) is 6.61 Å². The number of carbonyl (C=O) groups is 1. The molecule has 1 saturated heterocycles. The zero-order valence-corrected chi connectivity index (χ0v) is 17.4. The Bertz CT molecular complexity index is 1560. The number of benzene rings is 1. The highest BCUT2D eigenvalue weighted by Gasteiger charge is 2.21. The normalized spacial score (nSPS) is 16.4. The lowest BCUT2D eigenvalue weighted by Gasteiger charge is -2.16. The van der Waals surface area contributed by atoms with E-state index in [1.54, 1.807) is 29.0 Å². The monoisotopic (exact) mass is 443 g/mol. The zero-order chi connectivity index (χ0) is 22.9. The van der Waals surface area contributed by atoms with Crippen molar-refractivity contribution in [1.29, 1.82) is 5.26 Å². The van der Waals surface area contributed by atoms with Crippen molar-refractivity contribution in [3.8, 4) is 6.07 Å². The SMILES string of the molecule is N#Cc1cc2c(=O)n3ccccc3nc2n(C[C@H]2CCCO2)c1=NC(=O)c1ccc(F)cc1. The standard InChI is InChI=1S/C24H18FN5O3/c25-17-8-6-15(7-9-17)23(31)28-21-16(13-26)12-19-22(30(21)14-18-4-3-11-33-18)27-20-5-1-2-10-29(20)24(19)32/h1-2,5-10,12,18H,3-4,11,14H2/t18-/m1/s1. The van der Waals surface area contributed by atoms with Crippen LogP contribution < -0.4 is 11.0 Å². The van der Waals surface area contributed by atoms with Gasteiger partial charge >= 0.3 is 0 Å². The summed E-state index contributed by atoms with van der Waals surface area (Å²) < 4.78 is 22.1. The molecule has 1 amide bonds. The topological polar surface area (TPSA) is 102 Å². The summed E-state index contributed by atoms with van der Waals surface area (Å²) in [7, 11) is 0. The Morgan fingerprint density at radius 2 is 2.09 bits per heavy atom. The number of ether oxygens (including phenoxy) is 1. The van der Waals surface area contributed by atoms with Gasteiger partial charge in [0.15, 0.2) is 5.49 Å². The van der Waals surface area contributed by atoms with Gasteiger partial charge in [0.25, 0.3) is 11.5 Å². The van der Waals surface area contributed by atoms with Gasteiger partial charge in [0.1, 0.15) is 23.2 Å². The lowest BCUT2D eigenvalue weighted by Crippen LogP contribution is -2.32. The van der Waals surface area contributed by atoms with Crippen molar-refractivity contribution in [2.45, 2.75) is 25.5 Å². The number of nitriles is 1. The lowest BCUT2D eigenvalue weighted by atomic mass is 10.2. The second-order valence-electron chi connectivity index (χ2n) is 7.75. The molecule has 4 heterocycles. The summed E-state index contributed by atoms with van der Waals surface area (Å²) >= 11 is 0. The maximum atomic E-state index is 13.3. The van der Waals surface area contributed by atoms with E-state index in [0.29, 0.717) is 17.9 Å². The molecular weight excluding hydrogens is 425 g/mol. The first-order valence-corrected chi connectivity index (χ1v) is 10.5. The van der Waals surface area contributed by atoms with Crippen molar-refractivity contribution < 1.29 is 13.9 Å². The molecule has 164 valence electrons. The van der Waals surface area contributed by atoms with Crippen LogP contribution in [-0.4, -0.2) is 32.6 Å². The molecular formula is C24H18FN5O3. The highest BCUT2D eigenvalue weighted by molar-refractivity contribution is 5.95. The first kappa shape index (κ1) is 20.7. The summed E-state index contributed by atoms with van der Waals surface area (Å²) in [4.78, 5) is 34.9. The zero-order valence-electron chi connectivity index (χ0n) is 17.4. The van der Waals surface area contributed by atoms with Crippen LogP contribution in [0.2, 0.25) is 0 Å². The Kier molecular flexibility index (Phi) is 5.28. The molecule has 0 aliphatic carbocycles. The van der Waals surface area contributed by atoms with Gasteiger partial charge in [0, 0.05) is 18.4 Å². The van der Waals surface area contributed by atoms with Crippen molar-refractivity contribution in [1.82, 2.24) is 14.0 Å². The quantitative estimate of drug-likeness (QED) is 0.453. The van der Waals surface area contributed by atoms with E-state index in [0.717, 1.165) is 12.8 Å². The molecule has 1 aliphatic heterocycles. The highest BCUT2D eigenvalue weighted by Crippen LogP contribution is 2.17. The third-order valence-electron chi connectivity index (χ3n) is 5.62. The fourth-order valence-corrected chi connectivity index (χ4v) is 4.00. The largest absolute Gasteiger partial charge is 0.376 e. The molecule has 1 atom stereocenters. The number of halogens is 1. The van der Waals surface area contributed by atoms with Crippen LogP contribution >= 0.6 is 0 Å². The third-order valence-corrected chi connectivity index (χ3v) is 5.62. The van der Waals surface area contributed by atoms with E-state index in [4.69, 9.17) is 4.74 Å². The fraction of sp³-hybridized carbons (Fsp3) is 0.208. The Morgan fingerprint density at radius 1 is 1.27 bits per heavy atom.